The molecule has 78 valence electrons. The summed E-state index contributed by atoms with van der Waals surface area (Å²) < 4.78 is 5.36. The molecule has 14 heavy (non-hydrogen) atoms. The Bertz CT molecular complexity index is 297. The highest BCUT2D eigenvalue weighted by Gasteiger charge is 2.05. The standard InChI is InChI=1S/C11H16O3/c1-8-4-3-5-11(9(8)2)14-7-10(13)6-12/h3-5,10,12-13H,6-7H2,1-2H3. The summed E-state index contributed by atoms with van der Waals surface area (Å²) >= 11 is 0. The van der Waals surface area contributed by atoms with Crippen LogP contribution in [0.15, 0.2) is 18.2 Å². The van der Waals surface area contributed by atoms with E-state index in [-0.39, 0.29) is 13.2 Å². The van der Waals surface area contributed by atoms with Crippen molar-refractivity contribution in [1.82, 2.24) is 0 Å². The molecule has 0 spiro atoms. The van der Waals surface area contributed by atoms with Crippen LogP contribution in [0.25, 0.3) is 0 Å². The summed E-state index contributed by atoms with van der Waals surface area (Å²) in [4.78, 5) is 0. The minimum absolute atomic E-state index is 0.126. The van der Waals surface area contributed by atoms with Crippen LogP contribution in [-0.4, -0.2) is 29.5 Å². The fraction of sp³-hybridized carbons (Fsp3) is 0.455. The molecule has 1 rings (SSSR count). The molecule has 1 atom stereocenters. The maximum atomic E-state index is 9.10. The normalized spacial score (nSPS) is 12.6. The second kappa shape index (κ2) is 4.98. The van der Waals surface area contributed by atoms with Crippen LogP contribution >= 0.6 is 0 Å². The molecule has 0 aromatic heterocycles. The summed E-state index contributed by atoms with van der Waals surface area (Å²) in [7, 11) is 0. The maximum Gasteiger partial charge on any atom is 0.122 e. The molecule has 0 saturated carbocycles. The molecule has 3 heteroatoms. The highest BCUT2D eigenvalue weighted by Crippen LogP contribution is 2.20. The Morgan fingerprint density at radius 1 is 1.36 bits per heavy atom. The first kappa shape index (κ1) is 11.0. The van der Waals surface area contributed by atoms with Crippen LogP contribution in [0.4, 0.5) is 0 Å². The van der Waals surface area contributed by atoms with Crippen molar-refractivity contribution in [3.05, 3.63) is 29.3 Å². The summed E-state index contributed by atoms with van der Waals surface area (Å²) in [6.45, 7) is 3.83. The monoisotopic (exact) mass is 196 g/mol. The second-order valence-corrected chi connectivity index (χ2v) is 3.35. The van der Waals surface area contributed by atoms with Crippen molar-refractivity contribution in [3.63, 3.8) is 0 Å². The molecule has 0 aliphatic heterocycles. The van der Waals surface area contributed by atoms with E-state index in [1.54, 1.807) is 0 Å². The number of aliphatic hydroxyl groups is 2. The van der Waals surface area contributed by atoms with Gasteiger partial charge in [0.2, 0.25) is 0 Å². The second-order valence-electron chi connectivity index (χ2n) is 3.35. The van der Waals surface area contributed by atoms with Crippen LogP contribution < -0.4 is 4.74 Å². The molecule has 0 aliphatic carbocycles. The lowest BCUT2D eigenvalue weighted by molar-refractivity contribution is 0.0534. The van der Waals surface area contributed by atoms with Gasteiger partial charge in [-0.05, 0) is 31.0 Å². The minimum Gasteiger partial charge on any atom is -0.491 e. The van der Waals surface area contributed by atoms with E-state index in [1.807, 2.05) is 32.0 Å². The molecule has 2 N–H and O–H groups in total. The van der Waals surface area contributed by atoms with Gasteiger partial charge in [0.25, 0.3) is 0 Å². The van der Waals surface area contributed by atoms with Crippen LogP contribution in [0, 0.1) is 13.8 Å². The molecule has 0 heterocycles. The molecule has 0 saturated heterocycles. The van der Waals surface area contributed by atoms with Crippen molar-refractivity contribution in [2.24, 2.45) is 0 Å². The lowest BCUT2D eigenvalue weighted by Crippen LogP contribution is -2.21. The predicted molar refractivity (Wildman–Crippen MR) is 54.5 cm³/mol. The van der Waals surface area contributed by atoms with Gasteiger partial charge in [-0.2, -0.15) is 0 Å². The lowest BCUT2D eigenvalue weighted by atomic mass is 10.1. The van der Waals surface area contributed by atoms with Crippen molar-refractivity contribution in [1.29, 1.82) is 0 Å². The van der Waals surface area contributed by atoms with Crippen LogP contribution in [0.2, 0.25) is 0 Å². The zero-order valence-corrected chi connectivity index (χ0v) is 8.53. The summed E-state index contributed by atoms with van der Waals surface area (Å²) in [5.74, 6) is 0.762. The van der Waals surface area contributed by atoms with Crippen molar-refractivity contribution in [2.75, 3.05) is 13.2 Å². The number of aryl methyl sites for hydroxylation is 1. The van der Waals surface area contributed by atoms with Gasteiger partial charge in [0, 0.05) is 0 Å². The summed E-state index contributed by atoms with van der Waals surface area (Å²) in [5, 5.41) is 17.7. The van der Waals surface area contributed by atoms with E-state index in [9.17, 15) is 0 Å². The van der Waals surface area contributed by atoms with E-state index in [0.29, 0.717) is 0 Å². The van der Waals surface area contributed by atoms with Gasteiger partial charge in [0.1, 0.15) is 18.5 Å². The van der Waals surface area contributed by atoms with E-state index in [1.165, 1.54) is 0 Å². The zero-order valence-electron chi connectivity index (χ0n) is 8.53. The molecule has 1 aromatic carbocycles. The Balaban J connectivity index is 2.63. The molecular weight excluding hydrogens is 180 g/mol. The summed E-state index contributed by atoms with van der Waals surface area (Å²) in [6, 6.07) is 5.76. The highest BCUT2D eigenvalue weighted by molar-refractivity contribution is 5.38. The Morgan fingerprint density at radius 3 is 2.71 bits per heavy atom. The number of benzene rings is 1. The zero-order chi connectivity index (χ0) is 10.6. The van der Waals surface area contributed by atoms with Crippen molar-refractivity contribution < 1.29 is 14.9 Å². The fourth-order valence-corrected chi connectivity index (χ4v) is 1.12. The Kier molecular flexibility index (Phi) is 3.92. The van der Waals surface area contributed by atoms with Gasteiger partial charge in [0.05, 0.1) is 6.61 Å². The van der Waals surface area contributed by atoms with E-state index in [0.717, 1.165) is 16.9 Å². The molecule has 0 bridgehead atoms. The molecule has 1 aromatic rings. The van der Waals surface area contributed by atoms with Gasteiger partial charge >= 0.3 is 0 Å². The van der Waals surface area contributed by atoms with E-state index in [2.05, 4.69) is 0 Å². The molecule has 0 fully saturated rings. The molecule has 0 aliphatic rings. The van der Waals surface area contributed by atoms with Crippen molar-refractivity contribution >= 4 is 0 Å². The SMILES string of the molecule is Cc1cccc(OCC(O)CO)c1C. The van der Waals surface area contributed by atoms with Crippen LogP contribution in [0.3, 0.4) is 0 Å². The Morgan fingerprint density at radius 2 is 2.07 bits per heavy atom. The van der Waals surface area contributed by atoms with Crippen LogP contribution in [0.5, 0.6) is 5.75 Å². The van der Waals surface area contributed by atoms with Crippen LogP contribution in [-0.2, 0) is 0 Å². The first-order chi connectivity index (χ1) is 6.65. The summed E-state index contributed by atoms with van der Waals surface area (Å²) in [5.41, 5.74) is 2.22. The number of rotatable bonds is 4. The third kappa shape index (κ3) is 2.72. The molecule has 0 radical (unpaired) electrons. The first-order valence-electron chi connectivity index (χ1n) is 4.63. The average molecular weight is 196 g/mol. The van der Waals surface area contributed by atoms with Gasteiger partial charge in [-0.25, -0.2) is 0 Å². The molecule has 3 nitrogen and oxygen atoms in total. The molecule has 1 unspecified atom stereocenters. The van der Waals surface area contributed by atoms with Gasteiger partial charge < -0.3 is 14.9 Å². The van der Waals surface area contributed by atoms with Crippen molar-refractivity contribution in [2.45, 2.75) is 20.0 Å². The minimum atomic E-state index is -0.810. The number of ether oxygens (including phenoxy) is 1. The highest BCUT2D eigenvalue weighted by atomic mass is 16.5. The molecular formula is C11H16O3. The number of hydrogen-bond donors (Lipinski definition) is 2. The first-order valence-corrected chi connectivity index (χ1v) is 4.63. The third-order valence-electron chi connectivity index (χ3n) is 2.20. The largest absolute Gasteiger partial charge is 0.491 e. The van der Waals surface area contributed by atoms with Gasteiger partial charge in [-0.15, -0.1) is 0 Å². The summed E-state index contributed by atoms with van der Waals surface area (Å²) in [6.07, 6.45) is -0.810. The third-order valence-corrected chi connectivity index (χ3v) is 2.20. The van der Waals surface area contributed by atoms with E-state index >= 15 is 0 Å². The number of hydrogen-bond acceptors (Lipinski definition) is 3. The van der Waals surface area contributed by atoms with Crippen molar-refractivity contribution in [3.8, 4) is 5.75 Å². The maximum absolute atomic E-state index is 9.10. The van der Waals surface area contributed by atoms with Gasteiger partial charge in [0.15, 0.2) is 0 Å². The lowest BCUT2D eigenvalue weighted by Gasteiger charge is -2.12. The quantitative estimate of drug-likeness (QED) is 0.756. The molecule has 0 amide bonds. The number of aliphatic hydroxyl groups excluding tert-OH is 2. The topological polar surface area (TPSA) is 49.7 Å². The van der Waals surface area contributed by atoms with Gasteiger partial charge in [-0.1, -0.05) is 12.1 Å². The average Bonchev–Trinajstić information content (AvgIpc) is 2.20. The predicted octanol–water partition coefficient (Wildman–Crippen LogP) is 1.04. The van der Waals surface area contributed by atoms with Gasteiger partial charge in [-0.3, -0.25) is 0 Å². The Labute approximate surface area is 84.0 Å². The van der Waals surface area contributed by atoms with E-state index in [4.69, 9.17) is 14.9 Å². The fourth-order valence-electron chi connectivity index (χ4n) is 1.12. The van der Waals surface area contributed by atoms with Crippen LogP contribution in [0.1, 0.15) is 11.1 Å². The van der Waals surface area contributed by atoms with E-state index < -0.39 is 6.10 Å². The smallest absolute Gasteiger partial charge is 0.122 e. The Hall–Kier alpha value is -1.06.